The van der Waals surface area contributed by atoms with Gasteiger partial charge in [-0.2, -0.15) is 0 Å². The third-order valence-corrected chi connectivity index (χ3v) is 3.28. The number of methoxy groups -OCH3 is 1. The molecule has 1 aromatic carbocycles. The molecule has 0 unspecified atom stereocenters. The van der Waals surface area contributed by atoms with Gasteiger partial charge in [0.15, 0.2) is 0 Å². The molecule has 0 aliphatic rings. The van der Waals surface area contributed by atoms with Gasteiger partial charge in [0.05, 0.1) is 12.7 Å². The molecule has 0 radical (unpaired) electrons. The number of anilines is 1. The van der Waals surface area contributed by atoms with Gasteiger partial charge in [0.1, 0.15) is 0 Å². The molecule has 1 amide bonds. The Labute approximate surface area is 129 Å². The highest BCUT2D eigenvalue weighted by molar-refractivity contribution is 5.93. The summed E-state index contributed by atoms with van der Waals surface area (Å²) in [7, 11) is 1.29. The number of amides is 1. The molecule has 0 saturated heterocycles. The number of benzene rings is 1. The van der Waals surface area contributed by atoms with Crippen molar-refractivity contribution in [3.05, 3.63) is 29.8 Å². The largest absolute Gasteiger partial charge is 0.550 e. The van der Waals surface area contributed by atoms with Gasteiger partial charge in [0.2, 0.25) is 5.91 Å². The van der Waals surface area contributed by atoms with Crippen LogP contribution in [0.15, 0.2) is 24.3 Å². The molecule has 1 atom stereocenters. The number of esters is 1. The molecule has 0 spiro atoms. The van der Waals surface area contributed by atoms with Crippen molar-refractivity contribution >= 4 is 23.5 Å². The lowest BCUT2D eigenvalue weighted by Crippen LogP contribution is -2.32. The SMILES string of the molecule is CCC[C@@H](CCC(=O)Nc1ccc(C(=O)OC)cc1)C(=O)[O-]. The monoisotopic (exact) mass is 306 g/mol. The normalized spacial score (nSPS) is 11.5. The van der Waals surface area contributed by atoms with E-state index >= 15 is 0 Å². The van der Waals surface area contributed by atoms with Gasteiger partial charge < -0.3 is 20.0 Å². The number of carbonyl (C=O) groups is 3. The van der Waals surface area contributed by atoms with Crippen molar-refractivity contribution in [1.29, 1.82) is 0 Å². The van der Waals surface area contributed by atoms with E-state index in [1.54, 1.807) is 24.3 Å². The fourth-order valence-electron chi connectivity index (χ4n) is 2.06. The number of hydrogen-bond donors (Lipinski definition) is 1. The van der Waals surface area contributed by atoms with E-state index in [4.69, 9.17) is 0 Å². The maximum Gasteiger partial charge on any atom is 0.337 e. The Balaban J connectivity index is 2.51. The lowest BCUT2D eigenvalue weighted by molar-refractivity contribution is -0.312. The van der Waals surface area contributed by atoms with Crippen molar-refractivity contribution in [1.82, 2.24) is 0 Å². The Kier molecular flexibility index (Phi) is 7.08. The lowest BCUT2D eigenvalue weighted by atomic mass is 9.98. The van der Waals surface area contributed by atoms with Gasteiger partial charge in [0.25, 0.3) is 0 Å². The second-order valence-electron chi connectivity index (χ2n) is 4.96. The summed E-state index contributed by atoms with van der Waals surface area (Å²) in [5.41, 5.74) is 0.929. The summed E-state index contributed by atoms with van der Waals surface area (Å²) in [6.45, 7) is 1.89. The van der Waals surface area contributed by atoms with Gasteiger partial charge in [-0.15, -0.1) is 0 Å². The van der Waals surface area contributed by atoms with Crippen LogP contribution in [0.4, 0.5) is 5.69 Å². The average molecular weight is 306 g/mol. The number of rotatable bonds is 8. The third-order valence-electron chi connectivity index (χ3n) is 3.28. The maximum atomic E-state index is 11.8. The fourth-order valence-corrected chi connectivity index (χ4v) is 2.06. The first-order valence-corrected chi connectivity index (χ1v) is 7.17. The molecule has 6 heteroatoms. The van der Waals surface area contributed by atoms with Crippen molar-refractivity contribution in [3.63, 3.8) is 0 Å². The van der Waals surface area contributed by atoms with E-state index in [2.05, 4.69) is 10.1 Å². The van der Waals surface area contributed by atoms with Gasteiger partial charge in [0, 0.05) is 18.1 Å². The Morgan fingerprint density at radius 3 is 2.32 bits per heavy atom. The van der Waals surface area contributed by atoms with Crippen LogP contribution in [0.3, 0.4) is 0 Å². The first kappa shape index (κ1) is 17.7. The number of aliphatic carboxylic acids is 1. The summed E-state index contributed by atoms with van der Waals surface area (Å²) in [5.74, 6) is -2.43. The second kappa shape index (κ2) is 8.81. The average Bonchev–Trinajstić information content (AvgIpc) is 2.51. The predicted molar refractivity (Wildman–Crippen MR) is 79.1 cm³/mol. The van der Waals surface area contributed by atoms with Crippen molar-refractivity contribution < 1.29 is 24.2 Å². The van der Waals surface area contributed by atoms with E-state index in [9.17, 15) is 19.5 Å². The summed E-state index contributed by atoms with van der Waals surface area (Å²) < 4.78 is 4.58. The number of nitrogens with one attached hydrogen (secondary N) is 1. The van der Waals surface area contributed by atoms with Crippen molar-refractivity contribution in [2.24, 2.45) is 5.92 Å². The molecule has 22 heavy (non-hydrogen) atoms. The molecule has 0 heterocycles. The van der Waals surface area contributed by atoms with E-state index in [1.807, 2.05) is 6.92 Å². The van der Waals surface area contributed by atoms with Crippen LogP contribution in [0.5, 0.6) is 0 Å². The summed E-state index contributed by atoms with van der Waals surface area (Å²) in [6, 6.07) is 6.27. The van der Waals surface area contributed by atoms with Crippen LogP contribution in [0.1, 0.15) is 43.0 Å². The summed E-state index contributed by atoms with van der Waals surface area (Å²) in [4.78, 5) is 34.0. The van der Waals surface area contributed by atoms with Crippen LogP contribution in [0.25, 0.3) is 0 Å². The quantitative estimate of drug-likeness (QED) is 0.732. The molecule has 0 aliphatic carbocycles. The van der Waals surface area contributed by atoms with Gasteiger partial charge in [-0.05, 0) is 43.0 Å². The zero-order valence-electron chi connectivity index (χ0n) is 12.8. The number of ether oxygens (including phenoxy) is 1. The number of carboxylic acids is 1. The highest BCUT2D eigenvalue weighted by Gasteiger charge is 2.12. The molecule has 0 saturated carbocycles. The molecule has 0 fully saturated rings. The minimum atomic E-state index is -1.11. The highest BCUT2D eigenvalue weighted by atomic mass is 16.5. The number of carboxylic acid groups (broad SMARTS) is 1. The van der Waals surface area contributed by atoms with Crippen molar-refractivity contribution in [2.45, 2.75) is 32.6 Å². The van der Waals surface area contributed by atoms with Crippen LogP contribution in [0.2, 0.25) is 0 Å². The van der Waals surface area contributed by atoms with Crippen LogP contribution in [-0.2, 0) is 14.3 Å². The van der Waals surface area contributed by atoms with E-state index in [-0.39, 0.29) is 18.7 Å². The highest BCUT2D eigenvalue weighted by Crippen LogP contribution is 2.15. The zero-order chi connectivity index (χ0) is 16.5. The third kappa shape index (κ3) is 5.55. The van der Waals surface area contributed by atoms with Gasteiger partial charge in [-0.25, -0.2) is 4.79 Å². The van der Waals surface area contributed by atoms with E-state index in [0.717, 1.165) is 6.42 Å². The minimum Gasteiger partial charge on any atom is -0.550 e. The fraction of sp³-hybridized carbons (Fsp3) is 0.438. The van der Waals surface area contributed by atoms with Crippen LogP contribution in [-0.4, -0.2) is 25.0 Å². The van der Waals surface area contributed by atoms with Gasteiger partial charge in [-0.1, -0.05) is 13.3 Å². The maximum absolute atomic E-state index is 11.8. The summed E-state index contributed by atoms with van der Waals surface area (Å²) >= 11 is 0. The Morgan fingerprint density at radius 2 is 1.82 bits per heavy atom. The molecule has 1 N–H and O–H groups in total. The Bertz CT molecular complexity index is 524. The Morgan fingerprint density at radius 1 is 1.18 bits per heavy atom. The first-order chi connectivity index (χ1) is 10.5. The lowest BCUT2D eigenvalue weighted by Gasteiger charge is -2.16. The van der Waals surface area contributed by atoms with E-state index in [1.165, 1.54) is 7.11 Å². The predicted octanol–water partition coefficient (Wildman–Crippen LogP) is 1.36. The van der Waals surface area contributed by atoms with Crippen LogP contribution >= 0.6 is 0 Å². The molecule has 120 valence electrons. The van der Waals surface area contributed by atoms with Crippen LogP contribution in [0, 0.1) is 5.92 Å². The number of hydrogen-bond acceptors (Lipinski definition) is 5. The smallest absolute Gasteiger partial charge is 0.337 e. The topological polar surface area (TPSA) is 95.5 Å². The van der Waals surface area contributed by atoms with Crippen molar-refractivity contribution in [3.8, 4) is 0 Å². The summed E-state index contributed by atoms with van der Waals surface area (Å²) in [5, 5.41) is 13.6. The Hall–Kier alpha value is -2.37. The van der Waals surface area contributed by atoms with Gasteiger partial charge in [-0.3, -0.25) is 4.79 Å². The molecule has 0 aromatic heterocycles. The molecule has 0 bridgehead atoms. The summed E-state index contributed by atoms with van der Waals surface area (Å²) in [6.07, 6.45) is 1.60. The molecule has 1 rings (SSSR count). The number of carbonyl (C=O) groups excluding carboxylic acids is 3. The van der Waals surface area contributed by atoms with Crippen LogP contribution < -0.4 is 10.4 Å². The molecule has 1 aromatic rings. The molecular formula is C16H20NO5-. The standard InChI is InChI=1S/C16H21NO5/c1-3-4-11(15(19)20)7-10-14(18)17-13-8-5-12(6-9-13)16(21)22-2/h5-6,8-9,11H,3-4,7,10H2,1-2H3,(H,17,18)(H,19,20)/p-1/t11-/m0/s1. The van der Waals surface area contributed by atoms with E-state index in [0.29, 0.717) is 17.7 Å². The zero-order valence-corrected chi connectivity index (χ0v) is 12.8. The van der Waals surface area contributed by atoms with Crippen molar-refractivity contribution in [2.75, 3.05) is 12.4 Å². The van der Waals surface area contributed by atoms with E-state index < -0.39 is 17.9 Å². The van der Waals surface area contributed by atoms with Gasteiger partial charge >= 0.3 is 5.97 Å². The molecule has 6 nitrogen and oxygen atoms in total. The first-order valence-electron chi connectivity index (χ1n) is 7.17. The molecular weight excluding hydrogens is 286 g/mol. The second-order valence-corrected chi connectivity index (χ2v) is 4.96. The minimum absolute atomic E-state index is 0.109. The molecule has 0 aliphatic heterocycles.